The lowest BCUT2D eigenvalue weighted by Crippen LogP contribution is -2.15. The van der Waals surface area contributed by atoms with Crippen molar-refractivity contribution < 1.29 is 9.47 Å². The fraction of sp³-hybridized carbons (Fsp3) is 0.350. The Hall–Kier alpha value is -2.58. The van der Waals surface area contributed by atoms with Gasteiger partial charge in [0.2, 0.25) is 5.16 Å². The van der Waals surface area contributed by atoms with Crippen LogP contribution in [0.1, 0.15) is 17.5 Å². The molecule has 7 nitrogen and oxygen atoms in total. The third-order valence-corrected chi connectivity index (χ3v) is 5.20. The molecule has 1 heterocycles. The highest BCUT2D eigenvalue weighted by Gasteiger charge is 2.07. The van der Waals surface area contributed by atoms with Crippen molar-refractivity contribution >= 4 is 11.8 Å². The second kappa shape index (κ2) is 10.7. The Labute approximate surface area is 169 Å². The first-order chi connectivity index (χ1) is 13.8. The molecule has 0 unspecified atom stereocenters. The van der Waals surface area contributed by atoms with E-state index >= 15 is 0 Å². The molecular weight excluding hydrogens is 374 g/mol. The summed E-state index contributed by atoms with van der Waals surface area (Å²) in [5, 5.41) is 15.7. The molecule has 148 valence electrons. The van der Waals surface area contributed by atoms with Crippen molar-refractivity contribution in [2.45, 2.75) is 24.7 Å². The van der Waals surface area contributed by atoms with E-state index in [0.717, 1.165) is 53.0 Å². The van der Waals surface area contributed by atoms with Gasteiger partial charge >= 0.3 is 0 Å². The van der Waals surface area contributed by atoms with Crippen LogP contribution in [-0.4, -0.2) is 39.6 Å². The molecule has 0 saturated heterocycles. The van der Waals surface area contributed by atoms with Gasteiger partial charge in [0.15, 0.2) is 11.5 Å². The van der Waals surface area contributed by atoms with Crippen LogP contribution in [-0.2, 0) is 20.2 Å². The average molecular weight is 400 g/mol. The second-order valence-electron chi connectivity index (χ2n) is 6.22. The summed E-state index contributed by atoms with van der Waals surface area (Å²) in [6, 6.07) is 16.2. The summed E-state index contributed by atoms with van der Waals surface area (Å²) in [5.74, 6) is 2.47. The molecule has 0 amide bonds. The molecule has 3 aromatic rings. The zero-order valence-electron chi connectivity index (χ0n) is 16.2. The van der Waals surface area contributed by atoms with Gasteiger partial charge in [-0.05, 0) is 46.7 Å². The number of nitrogens with one attached hydrogen (secondary N) is 1. The molecule has 8 heteroatoms. The van der Waals surface area contributed by atoms with Crippen molar-refractivity contribution in [2.24, 2.45) is 7.05 Å². The minimum Gasteiger partial charge on any atom is -0.493 e. The number of aryl methyl sites for hydroxylation is 1. The normalized spacial score (nSPS) is 10.8. The molecule has 0 bridgehead atoms. The maximum Gasteiger partial charge on any atom is 0.209 e. The highest BCUT2D eigenvalue weighted by atomic mass is 32.2. The van der Waals surface area contributed by atoms with E-state index in [2.05, 4.69) is 26.9 Å². The molecule has 0 fully saturated rings. The number of rotatable bonds is 11. The van der Waals surface area contributed by atoms with Gasteiger partial charge in [-0.15, -0.1) is 5.10 Å². The van der Waals surface area contributed by atoms with Gasteiger partial charge in [-0.1, -0.05) is 48.2 Å². The summed E-state index contributed by atoms with van der Waals surface area (Å²) in [6.45, 7) is 2.23. The number of hydrogen-bond donors (Lipinski definition) is 1. The van der Waals surface area contributed by atoms with Crippen LogP contribution in [0.4, 0.5) is 0 Å². The fourth-order valence-electron chi connectivity index (χ4n) is 2.61. The molecule has 1 N–H and O–H groups in total. The third kappa shape index (κ3) is 5.97. The second-order valence-corrected chi connectivity index (χ2v) is 7.29. The molecule has 0 aliphatic carbocycles. The molecule has 2 aromatic carbocycles. The van der Waals surface area contributed by atoms with E-state index in [9.17, 15) is 0 Å². The van der Waals surface area contributed by atoms with Crippen LogP contribution in [0.2, 0.25) is 0 Å². The van der Waals surface area contributed by atoms with Crippen molar-refractivity contribution in [2.75, 3.05) is 19.4 Å². The topological polar surface area (TPSA) is 74.1 Å². The summed E-state index contributed by atoms with van der Waals surface area (Å²) in [6.07, 6.45) is 1.03. The molecule has 0 aliphatic heterocycles. The van der Waals surface area contributed by atoms with E-state index in [1.165, 1.54) is 0 Å². The summed E-state index contributed by atoms with van der Waals surface area (Å²) >= 11 is 1.66. The van der Waals surface area contributed by atoms with Crippen LogP contribution >= 0.6 is 11.8 Å². The van der Waals surface area contributed by atoms with Crippen LogP contribution in [0.5, 0.6) is 11.5 Å². The van der Waals surface area contributed by atoms with E-state index in [1.54, 1.807) is 23.6 Å². The molecule has 28 heavy (non-hydrogen) atoms. The molecule has 0 saturated carbocycles. The third-order valence-electron chi connectivity index (χ3n) is 4.10. The van der Waals surface area contributed by atoms with E-state index in [1.807, 2.05) is 49.5 Å². The minimum atomic E-state index is 0.521. The molecule has 0 atom stereocenters. The summed E-state index contributed by atoms with van der Waals surface area (Å²) in [5.41, 5.74) is 2.29. The van der Waals surface area contributed by atoms with E-state index in [0.29, 0.717) is 6.61 Å². The molecular formula is C20H25N5O2S. The highest BCUT2D eigenvalue weighted by Crippen LogP contribution is 2.28. The Kier molecular flexibility index (Phi) is 7.69. The number of hydrogen-bond acceptors (Lipinski definition) is 7. The van der Waals surface area contributed by atoms with Crippen LogP contribution in [0.25, 0.3) is 0 Å². The van der Waals surface area contributed by atoms with Crippen molar-refractivity contribution in [3.05, 3.63) is 59.7 Å². The number of aromatic nitrogens is 4. The summed E-state index contributed by atoms with van der Waals surface area (Å²) in [4.78, 5) is 0. The maximum absolute atomic E-state index is 5.91. The number of ether oxygens (including phenoxy) is 2. The molecule has 1 aromatic heterocycles. The van der Waals surface area contributed by atoms with E-state index in [-0.39, 0.29) is 0 Å². The van der Waals surface area contributed by atoms with Crippen molar-refractivity contribution in [1.82, 2.24) is 25.5 Å². The van der Waals surface area contributed by atoms with Crippen molar-refractivity contribution in [3.8, 4) is 11.5 Å². The average Bonchev–Trinajstić information content (AvgIpc) is 3.14. The zero-order valence-corrected chi connectivity index (χ0v) is 17.0. The van der Waals surface area contributed by atoms with Gasteiger partial charge in [0, 0.05) is 19.3 Å². The quantitative estimate of drug-likeness (QED) is 0.392. The van der Waals surface area contributed by atoms with Gasteiger partial charge in [0.05, 0.1) is 7.11 Å². The SMILES string of the molecule is COc1cc(CNCCCSc2nnnn2C)ccc1OCc1ccccc1. The fourth-order valence-corrected chi connectivity index (χ4v) is 3.40. The molecule has 0 radical (unpaired) electrons. The van der Waals surface area contributed by atoms with Crippen LogP contribution in [0, 0.1) is 0 Å². The van der Waals surface area contributed by atoms with Gasteiger partial charge in [0.1, 0.15) is 6.61 Å². The summed E-state index contributed by atoms with van der Waals surface area (Å²) < 4.78 is 13.1. The lowest BCUT2D eigenvalue weighted by atomic mass is 10.2. The monoisotopic (exact) mass is 399 g/mol. The Morgan fingerprint density at radius 2 is 1.93 bits per heavy atom. The Morgan fingerprint density at radius 3 is 2.68 bits per heavy atom. The van der Waals surface area contributed by atoms with Crippen LogP contribution < -0.4 is 14.8 Å². The number of tetrazole rings is 1. The Morgan fingerprint density at radius 1 is 1.07 bits per heavy atom. The molecule has 0 spiro atoms. The van der Waals surface area contributed by atoms with Gasteiger partial charge in [-0.25, -0.2) is 4.68 Å². The number of benzene rings is 2. The van der Waals surface area contributed by atoms with Crippen molar-refractivity contribution in [1.29, 1.82) is 0 Å². The highest BCUT2D eigenvalue weighted by molar-refractivity contribution is 7.99. The smallest absolute Gasteiger partial charge is 0.209 e. The number of nitrogens with zero attached hydrogens (tertiary/aromatic N) is 4. The minimum absolute atomic E-state index is 0.521. The zero-order chi connectivity index (χ0) is 19.6. The first-order valence-corrected chi connectivity index (χ1v) is 10.1. The van der Waals surface area contributed by atoms with Gasteiger partial charge in [0.25, 0.3) is 0 Å². The van der Waals surface area contributed by atoms with E-state index in [4.69, 9.17) is 9.47 Å². The number of methoxy groups -OCH3 is 1. The molecule has 3 rings (SSSR count). The first kappa shape index (κ1) is 20.2. The predicted octanol–water partition coefficient (Wildman–Crippen LogP) is 3.07. The van der Waals surface area contributed by atoms with Gasteiger partial charge < -0.3 is 14.8 Å². The van der Waals surface area contributed by atoms with E-state index < -0.39 is 0 Å². The standard InChI is InChI=1S/C20H25N5O2S/c1-25-20(22-23-24-25)28-12-6-11-21-14-17-9-10-18(19(13-17)26-2)27-15-16-7-4-3-5-8-16/h3-5,7-10,13,21H,6,11-12,14-15H2,1-2H3. The summed E-state index contributed by atoms with van der Waals surface area (Å²) in [7, 11) is 3.52. The first-order valence-electron chi connectivity index (χ1n) is 9.16. The maximum atomic E-state index is 5.91. The van der Waals surface area contributed by atoms with Crippen LogP contribution in [0.15, 0.2) is 53.7 Å². The van der Waals surface area contributed by atoms with Gasteiger partial charge in [-0.3, -0.25) is 0 Å². The predicted molar refractivity (Wildman–Crippen MR) is 110 cm³/mol. The van der Waals surface area contributed by atoms with Gasteiger partial charge in [-0.2, -0.15) is 0 Å². The lowest BCUT2D eigenvalue weighted by molar-refractivity contribution is 0.284. The molecule has 0 aliphatic rings. The largest absolute Gasteiger partial charge is 0.493 e. The number of thioether (sulfide) groups is 1. The Bertz CT molecular complexity index is 857. The van der Waals surface area contributed by atoms with Crippen LogP contribution in [0.3, 0.4) is 0 Å². The van der Waals surface area contributed by atoms with Crippen molar-refractivity contribution in [3.63, 3.8) is 0 Å². The lowest BCUT2D eigenvalue weighted by Gasteiger charge is -2.13. The Balaban J connectivity index is 1.41.